The van der Waals surface area contributed by atoms with E-state index < -0.39 is 0 Å². The van der Waals surface area contributed by atoms with Gasteiger partial charge >= 0.3 is 0 Å². The summed E-state index contributed by atoms with van der Waals surface area (Å²) >= 11 is 9.53. The summed E-state index contributed by atoms with van der Waals surface area (Å²) in [7, 11) is 2.00. The summed E-state index contributed by atoms with van der Waals surface area (Å²) in [6.45, 7) is 1.17. The van der Waals surface area contributed by atoms with Gasteiger partial charge in [-0.05, 0) is 58.4 Å². The Hall–Kier alpha value is -0.940. The van der Waals surface area contributed by atoms with Crippen LogP contribution in [-0.4, -0.2) is 18.5 Å². The molecule has 21 heavy (non-hydrogen) atoms. The molecule has 5 heteroatoms. The van der Waals surface area contributed by atoms with Crippen molar-refractivity contribution in [2.75, 3.05) is 13.6 Å². The largest absolute Gasteiger partial charge is 0.329 e. The third-order valence-electron chi connectivity index (χ3n) is 3.43. The van der Waals surface area contributed by atoms with Crippen LogP contribution in [0.25, 0.3) is 0 Å². The first-order valence-electron chi connectivity index (χ1n) is 6.61. The highest BCUT2D eigenvalue weighted by molar-refractivity contribution is 9.10. The van der Waals surface area contributed by atoms with Gasteiger partial charge in [0.1, 0.15) is 5.82 Å². The van der Waals surface area contributed by atoms with Gasteiger partial charge in [-0.3, -0.25) is 4.90 Å². The van der Waals surface area contributed by atoms with Crippen molar-refractivity contribution in [1.82, 2.24) is 4.90 Å². The molecule has 0 bridgehead atoms. The molecular formula is C16H17BrClFN2. The Morgan fingerprint density at radius 2 is 1.90 bits per heavy atom. The fourth-order valence-corrected chi connectivity index (χ4v) is 2.71. The van der Waals surface area contributed by atoms with Crippen LogP contribution in [0.3, 0.4) is 0 Å². The van der Waals surface area contributed by atoms with Gasteiger partial charge in [-0.2, -0.15) is 0 Å². The fraction of sp³-hybridized carbons (Fsp3) is 0.250. The van der Waals surface area contributed by atoms with Crippen molar-refractivity contribution >= 4 is 27.5 Å². The van der Waals surface area contributed by atoms with Crippen molar-refractivity contribution < 1.29 is 4.39 Å². The molecule has 0 saturated heterocycles. The second kappa shape index (κ2) is 7.36. The standard InChI is InChI=1S/C16H17BrClFN2/c1-21(10-11-2-5-13(19)6-3-11)16(9-20)12-4-7-14(17)15(18)8-12/h2-8,16H,9-10,20H2,1H3. The molecule has 2 rings (SSSR count). The molecule has 0 aliphatic rings. The van der Waals surface area contributed by atoms with Crippen molar-refractivity contribution in [1.29, 1.82) is 0 Å². The monoisotopic (exact) mass is 370 g/mol. The maximum atomic E-state index is 12.9. The number of nitrogens with two attached hydrogens (primary N) is 1. The minimum Gasteiger partial charge on any atom is -0.329 e. The van der Waals surface area contributed by atoms with Crippen molar-refractivity contribution in [3.63, 3.8) is 0 Å². The topological polar surface area (TPSA) is 29.3 Å². The first-order chi connectivity index (χ1) is 10.0. The molecule has 0 fully saturated rings. The minimum absolute atomic E-state index is 0.0562. The zero-order valence-corrected chi connectivity index (χ0v) is 14.0. The second-order valence-corrected chi connectivity index (χ2v) is 6.23. The van der Waals surface area contributed by atoms with Gasteiger partial charge < -0.3 is 5.73 Å². The van der Waals surface area contributed by atoms with E-state index in [2.05, 4.69) is 20.8 Å². The molecule has 0 aliphatic carbocycles. The van der Waals surface area contributed by atoms with E-state index in [0.29, 0.717) is 18.1 Å². The second-order valence-electron chi connectivity index (χ2n) is 4.97. The molecule has 0 saturated carbocycles. The minimum atomic E-state index is -0.225. The molecule has 0 spiro atoms. The van der Waals surface area contributed by atoms with Crippen molar-refractivity contribution in [3.8, 4) is 0 Å². The van der Waals surface area contributed by atoms with Gasteiger partial charge in [-0.25, -0.2) is 4.39 Å². The molecule has 112 valence electrons. The lowest BCUT2D eigenvalue weighted by Gasteiger charge is -2.27. The van der Waals surface area contributed by atoms with E-state index in [1.807, 2.05) is 25.2 Å². The van der Waals surface area contributed by atoms with Crippen molar-refractivity contribution in [2.45, 2.75) is 12.6 Å². The highest BCUT2D eigenvalue weighted by Crippen LogP contribution is 2.28. The molecule has 2 aromatic carbocycles. The van der Waals surface area contributed by atoms with Gasteiger partial charge in [0.2, 0.25) is 0 Å². The SMILES string of the molecule is CN(Cc1ccc(F)cc1)C(CN)c1ccc(Br)c(Cl)c1. The number of nitrogens with zero attached hydrogens (tertiary/aromatic N) is 1. The zero-order chi connectivity index (χ0) is 15.4. The van der Waals surface area contributed by atoms with Crippen molar-refractivity contribution in [3.05, 3.63) is 68.9 Å². The predicted molar refractivity (Wildman–Crippen MR) is 88.8 cm³/mol. The smallest absolute Gasteiger partial charge is 0.123 e. The molecule has 1 atom stereocenters. The van der Waals surface area contributed by atoms with Gasteiger partial charge in [-0.1, -0.05) is 29.8 Å². The maximum absolute atomic E-state index is 12.9. The van der Waals surface area contributed by atoms with Crippen LogP contribution in [-0.2, 0) is 6.54 Å². The molecule has 0 heterocycles. The molecule has 0 aliphatic heterocycles. The average Bonchev–Trinajstić information content (AvgIpc) is 2.46. The summed E-state index contributed by atoms with van der Waals surface area (Å²) in [5.41, 5.74) is 8.02. The van der Waals surface area contributed by atoms with Gasteiger partial charge in [0, 0.05) is 23.6 Å². The van der Waals surface area contributed by atoms with Crippen LogP contribution in [0.2, 0.25) is 5.02 Å². The zero-order valence-electron chi connectivity index (χ0n) is 11.7. The molecular weight excluding hydrogens is 355 g/mol. The number of benzene rings is 2. The summed E-state index contributed by atoms with van der Waals surface area (Å²) in [4.78, 5) is 2.13. The molecule has 2 aromatic rings. The highest BCUT2D eigenvalue weighted by atomic mass is 79.9. The maximum Gasteiger partial charge on any atom is 0.123 e. The summed E-state index contributed by atoms with van der Waals surface area (Å²) in [5.74, 6) is -0.225. The summed E-state index contributed by atoms with van der Waals surface area (Å²) in [6, 6.07) is 12.4. The Bertz CT molecular complexity index is 604. The van der Waals surface area contributed by atoms with Crippen LogP contribution in [0, 0.1) is 5.82 Å². The average molecular weight is 372 g/mol. The molecule has 2 nitrogen and oxygen atoms in total. The third kappa shape index (κ3) is 4.27. The van der Waals surface area contributed by atoms with Crippen LogP contribution < -0.4 is 5.73 Å². The lowest BCUT2D eigenvalue weighted by molar-refractivity contribution is 0.241. The number of hydrogen-bond donors (Lipinski definition) is 1. The van der Waals surface area contributed by atoms with Gasteiger partial charge in [0.15, 0.2) is 0 Å². The number of rotatable bonds is 5. The lowest BCUT2D eigenvalue weighted by Crippen LogP contribution is -2.30. The normalized spacial score (nSPS) is 12.7. The Labute approximate surface area is 137 Å². The van der Waals surface area contributed by atoms with Gasteiger partial charge in [-0.15, -0.1) is 0 Å². The Morgan fingerprint density at radius 3 is 2.48 bits per heavy atom. The number of halogens is 3. The molecule has 0 radical (unpaired) electrons. The fourth-order valence-electron chi connectivity index (χ4n) is 2.28. The Balaban J connectivity index is 2.15. The van der Waals surface area contributed by atoms with Crippen LogP contribution in [0.5, 0.6) is 0 Å². The van der Waals surface area contributed by atoms with Gasteiger partial charge in [0.25, 0.3) is 0 Å². The first-order valence-corrected chi connectivity index (χ1v) is 7.78. The predicted octanol–water partition coefficient (Wildman–Crippen LogP) is 4.37. The van der Waals surface area contributed by atoms with Crippen molar-refractivity contribution in [2.24, 2.45) is 5.73 Å². The summed E-state index contributed by atoms with van der Waals surface area (Å²) in [5, 5.41) is 0.668. The lowest BCUT2D eigenvalue weighted by atomic mass is 10.0. The highest BCUT2D eigenvalue weighted by Gasteiger charge is 2.16. The Kier molecular flexibility index (Phi) is 5.76. The van der Waals surface area contributed by atoms with E-state index in [0.717, 1.165) is 15.6 Å². The van der Waals surface area contributed by atoms with E-state index in [1.165, 1.54) is 12.1 Å². The molecule has 0 amide bonds. The summed E-state index contributed by atoms with van der Waals surface area (Å²) < 4.78 is 13.8. The third-order valence-corrected chi connectivity index (χ3v) is 4.66. The molecule has 1 unspecified atom stereocenters. The van der Waals surface area contributed by atoms with E-state index in [4.69, 9.17) is 17.3 Å². The first kappa shape index (κ1) is 16.4. The number of likely N-dealkylation sites (N-methyl/N-ethyl adjacent to an activating group) is 1. The van der Waals surface area contributed by atoms with E-state index >= 15 is 0 Å². The number of hydrogen-bond acceptors (Lipinski definition) is 2. The Morgan fingerprint density at radius 1 is 1.24 bits per heavy atom. The van der Waals surface area contributed by atoms with Crippen LogP contribution in [0.4, 0.5) is 4.39 Å². The van der Waals surface area contributed by atoms with Gasteiger partial charge in [0.05, 0.1) is 5.02 Å². The van der Waals surface area contributed by atoms with E-state index in [1.54, 1.807) is 12.1 Å². The van der Waals surface area contributed by atoms with E-state index in [-0.39, 0.29) is 11.9 Å². The van der Waals surface area contributed by atoms with Crippen LogP contribution >= 0.6 is 27.5 Å². The molecule has 0 aromatic heterocycles. The van der Waals surface area contributed by atoms with Crippen LogP contribution in [0.15, 0.2) is 46.9 Å². The van der Waals surface area contributed by atoms with Crippen LogP contribution in [0.1, 0.15) is 17.2 Å². The summed E-state index contributed by atoms with van der Waals surface area (Å²) in [6.07, 6.45) is 0. The van der Waals surface area contributed by atoms with E-state index in [9.17, 15) is 4.39 Å². The molecule has 2 N–H and O–H groups in total. The quantitative estimate of drug-likeness (QED) is 0.845.